The Kier molecular flexibility index (Phi) is 2.98. The molecule has 80 valence electrons. The first-order valence-corrected chi connectivity index (χ1v) is 5.71. The van der Waals surface area contributed by atoms with Crippen LogP contribution in [0.15, 0.2) is 0 Å². The molecule has 1 unspecified atom stereocenters. The largest absolute Gasteiger partial charge is 0.461 e. The lowest BCUT2D eigenvalue weighted by Crippen LogP contribution is -2.43. The number of hydrogen-bond donors (Lipinski definition) is 0. The highest BCUT2D eigenvalue weighted by Crippen LogP contribution is 2.35. The zero-order valence-electron chi connectivity index (χ0n) is 8.41. The van der Waals surface area contributed by atoms with Gasteiger partial charge in [0.1, 0.15) is 12.0 Å². The third-order valence-corrected chi connectivity index (χ3v) is 3.68. The quantitative estimate of drug-likeness (QED) is 0.517. The van der Waals surface area contributed by atoms with Crippen LogP contribution in [0.4, 0.5) is 0 Å². The molecule has 14 heavy (non-hydrogen) atoms. The average Bonchev–Trinajstić information content (AvgIpc) is 2.42. The summed E-state index contributed by atoms with van der Waals surface area (Å²) in [5.74, 6) is -0.303. The minimum absolute atomic E-state index is 0.0261. The highest BCUT2D eigenvalue weighted by molar-refractivity contribution is 6.26. The molecule has 2 bridgehead atoms. The molecule has 2 saturated heterocycles. The number of halogens is 1. The molecule has 4 heteroatoms. The van der Waals surface area contributed by atoms with E-state index in [2.05, 4.69) is 11.9 Å². The van der Waals surface area contributed by atoms with Gasteiger partial charge in [0.25, 0.3) is 0 Å². The molecule has 2 heterocycles. The van der Waals surface area contributed by atoms with E-state index in [9.17, 15) is 4.79 Å². The Labute approximate surface area is 89.4 Å². The SMILES string of the molecule is CN1[C@@H]2CC[C@H]1CC(OC(=O)CCl)C2. The van der Waals surface area contributed by atoms with Crippen molar-refractivity contribution in [1.29, 1.82) is 0 Å². The van der Waals surface area contributed by atoms with Gasteiger partial charge in [0.15, 0.2) is 0 Å². The summed E-state index contributed by atoms with van der Waals surface area (Å²) < 4.78 is 5.27. The van der Waals surface area contributed by atoms with Crippen LogP contribution in [0, 0.1) is 0 Å². The van der Waals surface area contributed by atoms with Crippen molar-refractivity contribution in [3.8, 4) is 0 Å². The van der Waals surface area contributed by atoms with Crippen molar-refractivity contribution in [2.24, 2.45) is 0 Å². The van der Waals surface area contributed by atoms with Crippen LogP contribution in [0.5, 0.6) is 0 Å². The van der Waals surface area contributed by atoms with Gasteiger partial charge < -0.3 is 9.64 Å². The standard InChI is InChI=1S/C10H16ClNO2/c1-12-7-2-3-8(12)5-9(4-7)14-10(13)6-11/h7-9H,2-6H2,1H3/t7-,8+,9?. The molecule has 2 fully saturated rings. The lowest BCUT2D eigenvalue weighted by Gasteiger charge is -2.35. The number of rotatable bonds is 2. The van der Waals surface area contributed by atoms with E-state index in [0.29, 0.717) is 12.1 Å². The van der Waals surface area contributed by atoms with E-state index >= 15 is 0 Å². The molecule has 2 aliphatic rings. The molecule has 0 radical (unpaired) electrons. The molecule has 3 atom stereocenters. The van der Waals surface area contributed by atoms with Crippen LogP contribution in [0.25, 0.3) is 0 Å². The number of carbonyl (C=O) groups is 1. The third-order valence-electron chi connectivity index (χ3n) is 3.46. The topological polar surface area (TPSA) is 29.5 Å². The fourth-order valence-electron chi connectivity index (χ4n) is 2.68. The number of ether oxygens (including phenoxy) is 1. The Bertz CT molecular complexity index is 220. The zero-order chi connectivity index (χ0) is 10.1. The van der Waals surface area contributed by atoms with Gasteiger partial charge in [-0.05, 0) is 32.7 Å². The van der Waals surface area contributed by atoms with Crippen LogP contribution in [0.3, 0.4) is 0 Å². The lowest BCUT2D eigenvalue weighted by atomic mass is 10.0. The van der Waals surface area contributed by atoms with Crippen LogP contribution in [0.1, 0.15) is 25.7 Å². The summed E-state index contributed by atoms with van der Waals surface area (Å²) in [6.07, 6.45) is 4.56. The van der Waals surface area contributed by atoms with E-state index in [-0.39, 0.29) is 18.0 Å². The Morgan fingerprint density at radius 3 is 2.50 bits per heavy atom. The predicted molar refractivity (Wildman–Crippen MR) is 54.4 cm³/mol. The van der Waals surface area contributed by atoms with Gasteiger partial charge >= 0.3 is 5.97 Å². The van der Waals surface area contributed by atoms with Crippen molar-refractivity contribution in [3.63, 3.8) is 0 Å². The van der Waals surface area contributed by atoms with Crippen LogP contribution in [-0.2, 0) is 9.53 Å². The summed E-state index contributed by atoms with van der Waals surface area (Å²) in [6.45, 7) is 0. The van der Waals surface area contributed by atoms with Crippen molar-refractivity contribution in [2.45, 2.75) is 43.9 Å². The molecule has 0 aromatic rings. The molecule has 2 aliphatic heterocycles. The Hall–Kier alpha value is -0.280. The lowest BCUT2D eigenvalue weighted by molar-refractivity contribution is -0.149. The van der Waals surface area contributed by atoms with Gasteiger partial charge in [-0.25, -0.2) is 0 Å². The first-order valence-electron chi connectivity index (χ1n) is 5.18. The summed E-state index contributed by atoms with van der Waals surface area (Å²) in [7, 11) is 2.17. The molecular formula is C10H16ClNO2. The van der Waals surface area contributed by atoms with Gasteiger partial charge in [-0.2, -0.15) is 0 Å². The highest BCUT2D eigenvalue weighted by atomic mass is 35.5. The first-order chi connectivity index (χ1) is 6.70. The highest BCUT2D eigenvalue weighted by Gasteiger charge is 2.39. The molecule has 2 rings (SSSR count). The zero-order valence-corrected chi connectivity index (χ0v) is 9.17. The van der Waals surface area contributed by atoms with E-state index in [0.717, 1.165) is 12.8 Å². The minimum atomic E-state index is -0.277. The number of piperidine rings is 1. The van der Waals surface area contributed by atoms with Crippen molar-refractivity contribution >= 4 is 17.6 Å². The van der Waals surface area contributed by atoms with E-state index in [1.165, 1.54) is 12.8 Å². The molecule has 0 spiro atoms. The number of carbonyl (C=O) groups excluding carboxylic acids is 1. The van der Waals surface area contributed by atoms with Crippen molar-refractivity contribution in [3.05, 3.63) is 0 Å². The number of hydrogen-bond acceptors (Lipinski definition) is 3. The van der Waals surface area contributed by atoms with Crippen LogP contribution < -0.4 is 0 Å². The number of nitrogens with zero attached hydrogens (tertiary/aromatic N) is 1. The van der Waals surface area contributed by atoms with Crippen LogP contribution >= 0.6 is 11.6 Å². The molecule has 0 amide bonds. The van der Waals surface area contributed by atoms with E-state index < -0.39 is 0 Å². The molecule has 0 saturated carbocycles. The fraction of sp³-hybridized carbons (Fsp3) is 0.900. The number of esters is 1. The first kappa shape index (κ1) is 10.2. The second-order valence-corrected chi connectivity index (χ2v) is 4.53. The third kappa shape index (κ3) is 1.89. The van der Waals surface area contributed by atoms with Crippen LogP contribution in [0.2, 0.25) is 0 Å². The van der Waals surface area contributed by atoms with Gasteiger partial charge in [-0.3, -0.25) is 4.79 Å². The minimum Gasteiger partial charge on any atom is -0.461 e. The molecule has 0 N–H and O–H groups in total. The molecule has 0 aliphatic carbocycles. The van der Waals surface area contributed by atoms with Gasteiger partial charge in [0.2, 0.25) is 0 Å². The van der Waals surface area contributed by atoms with Gasteiger partial charge in [-0.1, -0.05) is 0 Å². The second-order valence-electron chi connectivity index (χ2n) is 4.27. The van der Waals surface area contributed by atoms with Gasteiger partial charge in [0, 0.05) is 12.1 Å². The predicted octanol–water partition coefficient (Wildman–Crippen LogP) is 1.39. The fourth-order valence-corrected chi connectivity index (χ4v) is 2.74. The Morgan fingerprint density at radius 2 is 2.00 bits per heavy atom. The Balaban J connectivity index is 1.90. The van der Waals surface area contributed by atoms with Gasteiger partial charge in [0.05, 0.1) is 0 Å². The van der Waals surface area contributed by atoms with E-state index in [4.69, 9.17) is 16.3 Å². The molecule has 3 nitrogen and oxygen atoms in total. The van der Waals surface area contributed by atoms with Crippen molar-refractivity contribution in [1.82, 2.24) is 4.90 Å². The monoisotopic (exact) mass is 217 g/mol. The van der Waals surface area contributed by atoms with Crippen molar-refractivity contribution in [2.75, 3.05) is 12.9 Å². The van der Waals surface area contributed by atoms with E-state index in [1.807, 2.05) is 0 Å². The normalized spacial score (nSPS) is 37.1. The second kappa shape index (κ2) is 4.07. The maximum atomic E-state index is 11.0. The molecule has 0 aromatic carbocycles. The smallest absolute Gasteiger partial charge is 0.321 e. The average molecular weight is 218 g/mol. The number of alkyl halides is 1. The summed E-state index contributed by atoms with van der Waals surface area (Å²) in [5.41, 5.74) is 0. The summed E-state index contributed by atoms with van der Waals surface area (Å²) >= 11 is 5.40. The van der Waals surface area contributed by atoms with Gasteiger partial charge in [-0.15, -0.1) is 11.6 Å². The summed E-state index contributed by atoms with van der Waals surface area (Å²) in [4.78, 5) is 13.4. The van der Waals surface area contributed by atoms with Crippen molar-refractivity contribution < 1.29 is 9.53 Å². The number of fused-ring (bicyclic) bond motifs is 2. The maximum absolute atomic E-state index is 11.0. The van der Waals surface area contributed by atoms with Crippen LogP contribution in [-0.4, -0.2) is 42.0 Å². The summed E-state index contributed by atoms with van der Waals surface area (Å²) in [6, 6.07) is 1.23. The Morgan fingerprint density at radius 1 is 1.43 bits per heavy atom. The summed E-state index contributed by atoms with van der Waals surface area (Å²) in [5, 5.41) is 0. The van der Waals surface area contributed by atoms with E-state index in [1.54, 1.807) is 0 Å². The maximum Gasteiger partial charge on any atom is 0.321 e. The molecular weight excluding hydrogens is 202 g/mol. The molecule has 0 aromatic heterocycles.